The molecular weight excluding hydrogens is 716 g/mol. The Hall–Kier alpha value is -4.95. The quantitative estimate of drug-likeness (QED) is 0.0978. The van der Waals surface area contributed by atoms with Crippen molar-refractivity contribution in [1.82, 2.24) is 5.32 Å². The number of nitrogens with one attached hydrogen (secondary N) is 3. The predicted molar refractivity (Wildman–Crippen MR) is 201 cm³/mol. The maximum atomic E-state index is 13.5. The summed E-state index contributed by atoms with van der Waals surface area (Å²) in [6.45, 7) is 0. The molecule has 3 N–H and O–H groups in total. The van der Waals surface area contributed by atoms with Crippen molar-refractivity contribution in [2.75, 3.05) is 16.4 Å². The summed E-state index contributed by atoms with van der Waals surface area (Å²) < 4.78 is 0.836. The van der Waals surface area contributed by atoms with Gasteiger partial charge in [0.25, 0.3) is 11.8 Å². The smallest absolute Gasteiger partial charge is 0.272 e. The molecule has 244 valence electrons. The molecule has 49 heavy (non-hydrogen) atoms. The Morgan fingerprint density at radius 2 is 1.67 bits per heavy atom. The second kappa shape index (κ2) is 16.0. The van der Waals surface area contributed by atoms with Crippen molar-refractivity contribution in [1.29, 1.82) is 5.26 Å². The Morgan fingerprint density at radius 1 is 0.918 bits per heavy atom. The molecule has 5 aromatic rings. The first-order valence-electron chi connectivity index (χ1n) is 15.6. The Morgan fingerprint density at radius 3 is 2.43 bits per heavy atom. The number of thiophene rings is 1. The number of anilines is 2. The summed E-state index contributed by atoms with van der Waals surface area (Å²) in [7, 11) is 0. The summed E-state index contributed by atoms with van der Waals surface area (Å²) in [5.41, 5.74) is 4.66. The van der Waals surface area contributed by atoms with Crippen LogP contribution in [0.3, 0.4) is 0 Å². The number of carbonyl (C=O) groups is 3. The minimum absolute atomic E-state index is 0.0754. The van der Waals surface area contributed by atoms with Gasteiger partial charge >= 0.3 is 0 Å². The fourth-order valence-corrected chi connectivity index (χ4v) is 8.15. The first-order chi connectivity index (χ1) is 23.9. The lowest BCUT2D eigenvalue weighted by molar-refractivity contribution is -0.114. The van der Waals surface area contributed by atoms with Gasteiger partial charge in [-0.2, -0.15) is 5.26 Å². The largest absolute Gasteiger partial charge is 0.321 e. The topological polar surface area (TPSA) is 111 Å². The third-order valence-electron chi connectivity index (χ3n) is 8.05. The van der Waals surface area contributed by atoms with Crippen molar-refractivity contribution < 1.29 is 14.4 Å². The summed E-state index contributed by atoms with van der Waals surface area (Å²) >= 11 is 6.28. The van der Waals surface area contributed by atoms with Crippen molar-refractivity contribution >= 4 is 73.5 Å². The molecule has 7 nitrogen and oxygen atoms in total. The number of nitrogens with zero attached hydrogens (tertiary/aromatic N) is 1. The zero-order valence-corrected chi connectivity index (χ0v) is 29.5. The number of nitriles is 1. The molecule has 0 saturated carbocycles. The molecule has 0 saturated heterocycles. The van der Waals surface area contributed by atoms with E-state index >= 15 is 0 Å². The molecule has 1 heterocycles. The molecule has 1 aromatic heterocycles. The Kier molecular flexibility index (Phi) is 11.1. The number of benzene rings is 4. The van der Waals surface area contributed by atoms with Crippen LogP contribution in [-0.2, 0) is 22.4 Å². The highest BCUT2D eigenvalue weighted by atomic mass is 79.9. The van der Waals surface area contributed by atoms with E-state index in [0.29, 0.717) is 27.7 Å². The molecule has 4 aromatic carbocycles. The van der Waals surface area contributed by atoms with Gasteiger partial charge in [0.2, 0.25) is 5.91 Å². The van der Waals surface area contributed by atoms with Gasteiger partial charge in [0, 0.05) is 25.5 Å². The average molecular weight is 748 g/mol. The van der Waals surface area contributed by atoms with E-state index in [1.807, 2.05) is 42.5 Å². The summed E-state index contributed by atoms with van der Waals surface area (Å²) in [6, 6.07) is 36.0. The van der Waals surface area contributed by atoms with E-state index in [9.17, 15) is 19.6 Å². The number of fused-ring (bicyclic) bond motifs is 1. The third-order valence-corrected chi connectivity index (χ3v) is 10.7. The second-order valence-electron chi connectivity index (χ2n) is 11.4. The number of carbonyl (C=O) groups excluding carboxylic acids is 3. The Balaban J connectivity index is 1.10. The molecule has 6 rings (SSSR count). The van der Waals surface area contributed by atoms with Crippen molar-refractivity contribution in [2.24, 2.45) is 0 Å². The lowest BCUT2D eigenvalue weighted by Gasteiger charge is -2.22. The van der Waals surface area contributed by atoms with E-state index in [-0.39, 0.29) is 17.4 Å². The number of thioether (sulfide) groups is 1. The van der Waals surface area contributed by atoms with E-state index in [0.717, 1.165) is 44.6 Å². The third kappa shape index (κ3) is 8.75. The number of rotatable bonds is 10. The monoisotopic (exact) mass is 746 g/mol. The molecule has 0 spiro atoms. The molecule has 0 radical (unpaired) electrons. The fourth-order valence-electron chi connectivity index (χ4n) is 5.68. The lowest BCUT2D eigenvalue weighted by Crippen LogP contribution is -2.30. The maximum Gasteiger partial charge on any atom is 0.272 e. The Bertz CT molecular complexity index is 2070. The van der Waals surface area contributed by atoms with Gasteiger partial charge in [0.05, 0.1) is 11.3 Å². The van der Waals surface area contributed by atoms with Crippen LogP contribution in [0.5, 0.6) is 0 Å². The highest BCUT2D eigenvalue weighted by Crippen LogP contribution is 2.42. The first-order valence-corrected chi connectivity index (χ1v) is 18.2. The zero-order valence-electron chi connectivity index (χ0n) is 26.2. The molecule has 0 bridgehead atoms. The highest BCUT2D eigenvalue weighted by molar-refractivity contribution is 9.10. The molecule has 10 heteroatoms. The van der Waals surface area contributed by atoms with E-state index in [4.69, 9.17) is 0 Å². The van der Waals surface area contributed by atoms with Crippen molar-refractivity contribution in [3.63, 3.8) is 0 Å². The first kappa shape index (κ1) is 33.9. The number of hydrogen-bond donors (Lipinski definition) is 3. The van der Waals surface area contributed by atoms with Crippen LogP contribution < -0.4 is 16.0 Å². The van der Waals surface area contributed by atoms with Gasteiger partial charge in [0.1, 0.15) is 16.8 Å². The van der Waals surface area contributed by atoms with Crippen molar-refractivity contribution in [2.45, 2.75) is 30.1 Å². The SMILES string of the molecule is N#Cc1c(NC(=O)CSc2cccc(NC(=O)/C(=C\c3cccc(Br)c3)NC(=O)c3ccccc3)c2)sc2c1CCC(c1ccccc1)C2. The maximum absolute atomic E-state index is 13.5. The Labute approximate surface area is 301 Å². The molecule has 1 unspecified atom stereocenters. The van der Waals surface area contributed by atoms with Gasteiger partial charge in [-0.1, -0.05) is 82.7 Å². The number of hydrogen-bond acceptors (Lipinski definition) is 6. The van der Waals surface area contributed by atoms with Crippen LogP contribution in [-0.4, -0.2) is 23.5 Å². The minimum Gasteiger partial charge on any atom is -0.321 e. The van der Waals surface area contributed by atoms with Crippen LogP contribution in [0.1, 0.15) is 49.8 Å². The van der Waals surface area contributed by atoms with Crippen LogP contribution >= 0.6 is 39.0 Å². The molecule has 3 amide bonds. The van der Waals surface area contributed by atoms with Crippen LogP contribution in [0.2, 0.25) is 0 Å². The molecule has 0 aliphatic heterocycles. The van der Waals surface area contributed by atoms with Crippen LogP contribution in [0.15, 0.2) is 124 Å². The second-order valence-corrected chi connectivity index (χ2v) is 14.5. The van der Waals surface area contributed by atoms with Crippen molar-refractivity contribution in [3.8, 4) is 6.07 Å². The van der Waals surface area contributed by atoms with Gasteiger partial charge in [0.15, 0.2) is 0 Å². The number of halogens is 1. The molecule has 0 fully saturated rings. The average Bonchev–Trinajstić information content (AvgIpc) is 3.47. The van der Waals surface area contributed by atoms with E-state index in [1.54, 1.807) is 48.5 Å². The van der Waals surface area contributed by atoms with Crippen LogP contribution in [0.4, 0.5) is 10.7 Å². The predicted octanol–water partition coefficient (Wildman–Crippen LogP) is 8.80. The molecule has 1 aliphatic rings. The summed E-state index contributed by atoms with van der Waals surface area (Å²) in [5.74, 6) is -0.590. The normalized spacial score (nSPS) is 13.9. The van der Waals surface area contributed by atoms with E-state index < -0.39 is 11.8 Å². The highest BCUT2D eigenvalue weighted by Gasteiger charge is 2.27. The molecular formula is C39H31BrN4O3S2. The molecule has 1 aliphatic carbocycles. The summed E-state index contributed by atoms with van der Waals surface area (Å²) in [5, 5.41) is 19.2. The van der Waals surface area contributed by atoms with Gasteiger partial charge in [-0.05, 0) is 90.4 Å². The number of amides is 3. The van der Waals surface area contributed by atoms with Crippen LogP contribution in [0, 0.1) is 11.3 Å². The fraction of sp³-hybridized carbons (Fsp3) is 0.128. The standard InChI is InChI=1S/C39H31BrN4O3S2/c40-29-14-7-9-25(19-29)20-34(43-37(46)27-12-5-2-6-13-27)38(47)42-30-15-8-16-31(22-30)48-24-36(45)44-39-33(23-41)32-18-17-28(21-35(32)49-39)26-10-3-1-4-11-26/h1-16,19-20,22,28H,17-18,21,24H2,(H,42,47)(H,43,46)(H,44,45)/b34-20+. The van der Waals surface area contributed by atoms with E-state index in [2.05, 4.69) is 62.2 Å². The van der Waals surface area contributed by atoms with Crippen molar-refractivity contribution in [3.05, 3.63) is 152 Å². The van der Waals surface area contributed by atoms with Gasteiger partial charge < -0.3 is 16.0 Å². The van der Waals surface area contributed by atoms with E-state index in [1.165, 1.54) is 28.7 Å². The zero-order chi connectivity index (χ0) is 34.2. The summed E-state index contributed by atoms with van der Waals surface area (Å²) in [4.78, 5) is 41.5. The van der Waals surface area contributed by atoms with Gasteiger partial charge in [-0.25, -0.2) is 0 Å². The summed E-state index contributed by atoms with van der Waals surface area (Å²) in [6.07, 6.45) is 4.26. The van der Waals surface area contributed by atoms with Crippen LogP contribution in [0.25, 0.3) is 6.08 Å². The molecule has 1 atom stereocenters. The lowest BCUT2D eigenvalue weighted by atomic mass is 9.83. The van der Waals surface area contributed by atoms with Gasteiger partial charge in [-0.3, -0.25) is 14.4 Å². The van der Waals surface area contributed by atoms with Gasteiger partial charge in [-0.15, -0.1) is 23.1 Å². The minimum atomic E-state index is -0.496.